The first-order chi connectivity index (χ1) is 10.2. The van der Waals surface area contributed by atoms with Crippen LogP contribution in [0.15, 0.2) is 0 Å². The molecule has 7 nitrogen and oxygen atoms in total. The largest absolute Gasteiger partial charge is 0.380 e. The van der Waals surface area contributed by atoms with Crippen molar-refractivity contribution in [3.8, 4) is 0 Å². The Labute approximate surface area is 125 Å². The fourth-order valence-corrected chi connectivity index (χ4v) is 3.32. The van der Waals surface area contributed by atoms with Crippen LogP contribution in [-0.4, -0.2) is 73.8 Å². The lowest BCUT2D eigenvalue weighted by molar-refractivity contribution is 0.109. The molecular formula is C14H24N4O3. The van der Waals surface area contributed by atoms with E-state index in [0.29, 0.717) is 31.6 Å². The molecule has 3 aliphatic heterocycles. The molecule has 21 heavy (non-hydrogen) atoms. The van der Waals surface area contributed by atoms with Gasteiger partial charge in [-0.1, -0.05) is 0 Å². The van der Waals surface area contributed by atoms with E-state index in [1.165, 1.54) is 4.90 Å². The lowest BCUT2D eigenvalue weighted by atomic mass is 9.95. The summed E-state index contributed by atoms with van der Waals surface area (Å²) in [6.07, 6.45) is 3.34. The Morgan fingerprint density at radius 1 is 1.29 bits per heavy atom. The van der Waals surface area contributed by atoms with Crippen molar-refractivity contribution in [2.24, 2.45) is 5.92 Å². The van der Waals surface area contributed by atoms with Gasteiger partial charge in [-0.15, -0.1) is 0 Å². The number of imide groups is 1. The predicted octanol–water partition coefficient (Wildman–Crippen LogP) is 0.222. The maximum absolute atomic E-state index is 11.9. The first-order valence-electron chi connectivity index (χ1n) is 7.89. The average molecular weight is 296 g/mol. The van der Waals surface area contributed by atoms with Crippen LogP contribution < -0.4 is 10.6 Å². The number of hydrogen-bond donors (Lipinski definition) is 2. The number of piperidine rings is 1. The number of urea groups is 2. The third kappa shape index (κ3) is 3.47. The second-order valence-corrected chi connectivity index (χ2v) is 6.07. The summed E-state index contributed by atoms with van der Waals surface area (Å²) in [5.41, 5.74) is 0. The Kier molecular flexibility index (Phi) is 4.60. The van der Waals surface area contributed by atoms with Gasteiger partial charge in [0.15, 0.2) is 0 Å². The summed E-state index contributed by atoms with van der Waals surface area (Å²) in [5, 5.41) is 5.53. The monoisotopic (exact) mass is 296 g/mol. The zero-order valence-electron chi connectivity index (χ0n) is 12.3. The van der Waals surface area contributed by atoms with E-state index >= 15 is 0 Å². The zero-order chi connectivity index (χ0) is 14.7. The van der Waals surface area contributed by atoms with Crippen molar-refractivity contribution < 1.29 is 14.3 Å². The van der Waals surface area contributed by atoms with Gasteiger partial charge in [-0.3, -0.25) is 4.90 Å². The predicted molar refractivity (Wildman–Crippen MR) is 77.0 cm³/mol. The van der Waals surface area contributed by atoms with Crippen molar-refractivity contribution in [1.82, 2.24) is 20.4 Å². The summed E-state index contributed by atoms with van der Waals surface area (Å²) >= 11 is 0. The van der Waals surface area contributed by atoms with Crippen LogP contribution in [0.4, 0.5) is 9.59 Å². The van der Waals surface area contributed by atoms with Gasteiger partial charge in [-0.25, -0.2) is 14.5 Å². The van der Waals surface area contributed by atoms with E-state index in [2.05, 4.69) is 15.5 Å². The molecule has 1 atom stereocenters. The topological polar surface area (TPSA) is 73.9 Å². The summed E-state index contributed by atoms with van der Waals surface area (Å²) in [4.78, 5) is 27.0. The SMILES string of the molecule is O=C1NCCN1C(=O)NCC1CCN([C@H]2CCOC2)CC1. The van der Waals surface area contributed by atoms with Gasteiger partial charge >= 0.3 is 12.1 Å². The number of carbonyl (C=O) groups is 2. The molecule has 3 rings (SSSR count). The molecule has 3 saturated heterocycles. The van der Waals surface area contributed by atoms with Crippen molar-refractivity contribution in [2.75, 3.05) is 45.9 Å². The molecule has 7 heteroatoms. The highest BCUT2D eigenvalue weighted by atomic mass is 16.5. The highest BCUT2D eigenvalue weighted by Gasteiger charge is 2.29. The van der Waals surface area contributed by atoms with E-state index < -0.39 is 0 Å². The Balaban J connectivity index is 1.37. The number of likely N-dealkylation sites (tertiary alicyclic amines) is 1. The molecule has 0 aromatic heterocycles. The van der Waals surface area contributed by atoms with Crippen molar-refractivity contribution in [3.05, 3.63) is 0 Å². The molecule has 0 aromatic rings. The van der Waals surface area contributed by atoms with Crippen LogP contribution in [0.3, 0.4) is 0 Å². The molecule has 0 bridgehead atoms. The Bertz CT molecular complexity index is 390. The number of carbonyl (C=O) groups excluding carboxylic acids is 2. The van der Waals surface area contributed by atoms with E-state index in [1.807, 2.05) is 0 Å². The third-order valence-corrected chi connectivity index (χ3v) is 4.72. The first kappa shape index (κ1) is 14.6. The van der Waals surface area contributed by atoms with Gasteiger partial charge < -0.3 is 15.4 Å². The minimum Gasteiger partial charge on any atom is -0.380 e. The van der Waals surface area contributed by atoms with Crippen molar-refractivity contribution in [1.29, 1.82) is 0 Å². The molecule has 2 N–H and O–H groups in total. The molecule has 0 saturated carbocycles. The van der Waals surface area contributed by atoms with Gasteiger partial charge in [-0.2, -0.15) is 0 Å². The number of rotatable bonds is 3. The van der Waals surface area contributed by atoms with Gasteiger partial charge in [-0.05, 0) is 38.3 Å². The van der Waals surface area contributed by atoms with Crippen LogP contribution in [0.25, 0.3) is 0 Å². The maximum Gasteiger partial charge on any atom is 0.325 e. The molecule has 0 aromatic carbocycles. The molecule has 3 fully saturated rings. The maximum atomic E-state index is 11.9. The number of nitrogens with zero attached hydrogens (tertiary/aromatic N) is 2. The van der Waals surface area contributed by atoms with E-state index in [9.17, 15) is 9.59 Å². The van der Waals surface area contributed by atoms with Crippen LogP contribution in [0.5, 0.6) is 0 Å². The Hall–Kier alpha value is -1.34. The van der Waals surface area contributed by atoms with Crippen LogP contribution >= 0.6 is 0 Å². The average Bonchev–Trinajstić information content (AvgIpc) is 3.16. The smallest absolute Gasteiger partial charge is 0.325 e. The summed E-state index contributed by atoms with van der Waals surface area (Å²) in [5.74, 6) is 0.512. The zero-order valence-corrected chi connectivity index (χ0v) is 12.3. The van der Waals surface area contributed by atoms with E-state index in [4.69, 9.17) is 4.74 Å². The molecule has 0 aliphatic carbocycles. The van der Waals surface area contributed by atoms with E-state index in [0.717, 1.165) is 45.6 Å². The van der Waals surface area contributed by atoms with Crippen LogP contribution in [-0.2, 0) is 4.74 Å². The Morgan fingerprint density at radius 3 is 2.71 bits per heavy atom. The number of ether oxygens (including phenoxy) is 1. The van der Waals surface area contributed by atoms with Crippen LogP contribution in [0.2, 0.25) is 0 Å². The molecule has 0 spiro atoms. The fraction of sp³-hybridized carbons (Fsp3) is 0.857. The summed E-state index contributed by atoms with van der Waals surface area (Å²) in [6, 6.07) is 0.0361. The van der Waals surface area contributed by atoms with Crippen molar-refractivity contribution >= 4 is 12.1 Å². The van der Waals surface area contributed by atoms with Gasteiger partial charge in [0.05, 0.1) is 6.61 Å². The van der Waals surface area contributed by atoms with Crippen molar-refractivity contribution in [3.63, 3.8) is 0 Å². The second-order valence-electron chi connectivity index (χ2n) is 6.07. The van der Waals surface area contributed by atoms with Gasteiger partial charge in [0.2, 0.25) is 0 Å². The van der Waals surface area contributed by atoms with Crippen LogP contribution in [0.1, 0.15) is 19.3 Å². The second kappa shape index (κ2) is 6.62. The number of nitrogens with one attached hydrogen (secondary N) is 2. The summed E-state index contributed by atoms with van der Waals surface area (Å²) in [6.45, 7) is 5.60. The first-order valence-corrected chi connectivity index (χ1v) is 7.89. The van der Waals surface area contributed by atoms with Gasteiger partial charge in [0, 0.05) is 32.3 Å². The molecule has 0 radical (unpaired) electrons. The third-order valence-electron chi connectivity index (χ3n) is 4.72. The summed E-state index contributed by atoms with van der Waals surface area (Å²) < 4.78 is 5.44. The minimum atomic E-state index is -0.288. The minimum absolute atomic E-state index is 0.267. The molecule has 118 valence electrons. The number of hydrogen-bond acceptors (Lipinski definition) is 4. The molecule has 3 heterocycles. The molecule has 4 amide bonds. The lowest BCUT2D eigenvalue weighted by Gasteiger charge is -2.35. The number of amides is 4. The molecule has 0 unspecified atom stereocenters. The van der Waals surface area contributed by atoms with E-state index in [-0.39, 0.29) is 12.1 Å². The standard InChI is InChI=1S/C14H24N4O3/c19-13-15-4-7-18(13)14(20)16-9-11-1-5-17(6-2-11)12-3-8-21-10-12/h11-12H,1-10H2,(H,15,19)(H,16,20)/t12-/m0/s1. The highest BCUT2D eigenvalue weighted by Crippen LogP contribution is 2.21. The fourth-order valence-electron chi connectivity index (χ4n) is 3.32. The normalized spacial score (nSPS) is 27.9. The quantitative estimate of drug-likeness (QED) is 0.781. The summed E-state index contributed by atoms with van der Waals surface area (Å²) in [7, 11) is 0. The Morgan fingerprint density at radius 2 is 2.10 bits per heavy atom. The highest BCUT2D eigenvalue weighted by molar-refractivity contribution is 5.94. The van der Waals surface area contributed by atoms with E-state index in [1.54, 1.807) is 0 Å². The van der Waals surface area contributed by atoms with Gasteiger partial charge in [0.25, 0.3) is 0 Å². The van der Waals surface area contributed by atoms with Crippen LogP contribution in [0, 0.1) is 5.92 Å². The molecular weight excluding hydrogens is 272 g/mol. The van der Waals surface area contributed by atoms with Crippen molar-refractivity contribution in [2.45, 2.75) is 25.3 Å². The van der Waals surface area contributed by atoms with Gasteiger partial charge in [0.1, 0.15) is 0 Å². The molecule has 3 aliphatic rings. The lowest BCUT2D eigenvalue weighted by Crippen LogP contribution is -2.46.